The van der Waals surface area contributed by atoms with Gasteiger partial charge < -0.3 is 16.2 Å². The maximum absolute atomic E-state index is 9.33. The van der Waals surface area contributed by atoms with Gasteiger partial charge in [0.1, 0.15) is 0 Å². The Labute approximate surface area is 109 Å². The SMILES string of the molecule is NCC(O)CNCCc1ccc2c(c1)CCCC2. The van der Waals surface area contributed by atoms with E-state index >= 15 is 0 Å². The third-order valence-electron chi connectivity index (χ3n) is 3.66. The summed E-state index contributed by atoms with van der Waals surface area (Å²) in [5.41, 5.74) is 9.83. The zero-order valence-corrected chi connectivity index (χ0v) is 11.0. The Hall–Kier alpha value is -0.900. The van der Waals surface area contributed by atoms with Crippen LogP contribution in [0.15, 0.2) is 18.2 Å². The molecule has 0 saturated heterocycles. The fourth-order valence-electron chi connectivity index (χ4n) is 2.53. The standard InChI is InChI=1S/C15H24N2O/c16-10-15(18)11-17-8-7-12-5-6-13-3-1-2-4-14(13)9-12/h5-6,9,15,17-18H,1-4,7-8,10-11,16H2. The molecule has 3 nitrogen and oxygen atoms in total. The molecule has 1 aliphatic carbocycles. The van der Waals surface area contributed by atoms with Crippen LogP contribution >= 0.6 is 0 Å². The summed E-state index contributed by atoms with van der Waals surface area (Å²) in [5, 5.41) is 12.6. The molecule has 18 heavy (non-hydrogen) atoms. The van der Waals surface area contributed by atoms with Crippen LogP contribution in [0.5, 0.6) is 0 Å². The fourth-order valence-corrected chi connectivity index (χ4v) is 2.53. The van der Waals surface area contributed by atoms with Crippen molar-refractivity contribution >= 4 is 0 Å². The topological polar surface area (TPSA) is 58.3 Å². The van der Waals surface area contributed by atoms with Gasteiger partial charge in [-0.05, 0) is 55.3 Å². The Kier molecular flexibility index (Phi) is 5.17. The lowest BCUT2D eigenvalue weighted by molar-refractivity contribution is 0.180. The number of nitrogens with one attached hydrogen (secondary N) is 1. The van der Waals surface area contributed by atoms with E-state index in [0.29, 0.717) is 13.1 Å². The Morgan fingerprint density at radius 3 is 2.78 bits per heavy atom. The number of rotatable bonds is 6. The van der Waals surface area contributed by atoms with Gasteiger partial charge in [0.2, 0.25) is 0 Å². The quantitative estimate of drug-likeness (QED) is 0.659. The van der Waals surface area contributed by atoms with Crippen molar-refractivity contribution in [2.45, 2.75) is 38.2 Å². The molecule has 0 radical (unpaired) electrons. The lowest BCUT2D eigenvalue weighted by atomic mass is 9.90. The first-order valence-corrected chi connectivity index (χ1v) is 6.99. The summed E-state index contributed by atoms with van der Waals surface area (Å²) in [7, 11) is 0. The molecule has 0 bridgehead atoms. The molecule has 100 valence electrons. The van der Waals surface area contributed by atoms with Gasteiger partial charge in [0.25, 0.3) is 0 Å². The second-order valence-corrected chi connectivity index (χ2v) is 5.15. The van der Waals surface area contributed by atoms with Crippen molar-refractivity contribution in [1.82, 2.24) is 5.32 Å². The number of fused-ring (bicyclic) bond motifs is 1. The van der Waals surface area contributed by atoms with Crippen LogP contribution in [0.1, 0.15) is 29.5 Å². The van der Waals surface area contributed by atoms with E-state index < -0.39 is 6.10 Å². The molecule has 0 heterocycles. The van der Waals surface area contributed by atoms with Crippen LogP contribution in [0.25, 0.3) is 0 Å². The van der Waals surface area contributed by atoms with Crippen molar-refractivity contribution < 1.29 is 5.11 Å². The van der Waals surface area contributed by atoms with Crippen molar-refractivity contribution in [2.75, 3.05) is 19.6 Å². The molecule has 1 unspecified atom stereocenters. The third kappa shape index (κ3) is 3.80. The summed E-state index contributed by atoms with van der Waals surface area (Å²) in [4.78, 5) is 0. The zero-order valence-electron chi connectivity index (χ0n) is 11.0. The Balaban J connectivity index is 1.79. The van der Waals surface area contributed by atoms with Crippen LogP contribution in [-0.4, -0.2) is 30.8 Å². The summed E-state index contributed by atoms with van der Waals surface area (Å²) < 4.78 is 0. The molecule has 1 aromatic rings. The molecule has 1 aliphatic rings. The highest BCUT2D eigenvalue weighted by atomic mass is 16.3. The summed E-state index contributed by atoms with van der Waals surface area (Å²) >= 11 is 0. The predicted octanol–water partition coefficient (Wildman–Crippen LogP) is 1.02. The number of aliphatic hydroxyl groups is 1. The van der Waals surface area contributed by atoms with Crippen LogP contribution in [0.4, 0.5) is 0 Å². The lowest BCUT2D eigenvalue weighted by Crippen LogP contribution is -2.33. The molecule has 1 aromatic carbocycles. The minimum absolute atomic E-state index is 0.325. The molecular formula is C15H24N2O. The molecule has 2 rings (SSSR count). The molecular weight excluding hydrogens is 224 g/mol. The van der Waals surface area contributed by atoms with E-state index in [0.717, 1.165) is 13.0 Å². The molecule has 0 aliphatic heterocycles. The van der Waals surface area contributed by atoms with Crippen LogP contribution in [0.2, 0.25) is 0 Å². The van der Waals surface area contributed by atoms with Gasteiger partial charge in [0, 0.05) is 13.1 Å². The van der Waals surface area contributed by atoms with Crippen LogP contribution < -0.4 is 11.1 Å². The van der Waals surface area contributed by atoms with Gasteiger partial charge in [-0.1, -0.05) is 18.2 Å². The Morgan fingerprint density at radius 1 is 1.22 bits per heavy atom. The summed E-state index contributed by atoms with van der Waals surface area (Å²) in [6, 6.07) is 6.89. The molecule has 0 amide bonds. The van der Waals surface area contributed by atoms with Crippen LogP contribution in [-0.2, 0) is 19.3 Å². The highest BCUT2D eigenvalue weighted by molar-refractivity contribution is 5.33. The number of hydrogen-bond donors (Lipinski definition) is 3. The van der Waals surface area contributed by atoms with E-state index in [1.54, 1.807) is 5.56 Å². The van der Waals surface area contributed by atoms with Gasteiger partial charge in [-0.25, -0.2) is 0 Å². The number of aryl methyl sites for hydroxylation is 2. The second kappa shape index (κ2) is 6.88. The van der Waals surface area contributed by atoms with E-state index in [9.17, 15) is 5.11 Å². The minimum Gasteiger partial charge on any atom is -0.390 e. The highest BCUT2D eigenvalue weighted by Gasteiger charge is 2.09. The average molecular weight is 248 g/mol. The molecule has 1 atom stereocenters. The van der Waals surface area contributed by atoms with Gasteiger partial charge in [-0.2, -0.15) is 0 Å². The predicted molar refractivity (Wildman–Crippen MR) is 74.7 cm³/mol. The van der Waals surface area contributed by atoms with E-state index in [-0.39, 0.29) is 0 Å². The molecule has 3 heteroatoms. The van der Waals surface area contributed by atoms with Crippen molar-refractivity contribution in [1.29, 1.82) is 0 Å². The summed E-state index contributed by atoms with van der Waals surface area (Å²) in [5.74, 6) is 0. The third-order valence-corrected chi connectivity index (χ3v) is 3.66. The lowest BCUT2D eigenvalue weighted by Gasteiger charge is -2.16. The maximum Gasteiger partial charge on any atom is 0.0786 e. The number of aliphatic hydroxyl groups excluding tert-OH is 1. The van der Waals surface area contributed by atoms with E-state index in [1.165, 1.54) is 36.8 Å². The number of nitrogens with two attached hydrogens (primary N) is 1. The van der Waals surface area contributed by atoms with Gasteiger partial charge in [0.15, 0.2) is 0 Å². The van der Waals surface area contributed by atoms with Crippen LogP contribution in [0, 0.1) is 0 Å². The first-order chi connectivity index (χ1) is 8.79. The van der Waals surface area contributed by atoms with Crippen molar-refractivity contribution in [2.24, 2.45) is 5.73 Å². The highest BCUT2D eigenvalue weighted by Crippen LogP contribution is 2.22. The second-order valence-electron chi connectivity index (χ2n) is 5.15. The van der Waals surface area contributed by atoms with Crippen LogP contribution in [0.3, 0.4) is 0 Å². The van der Waals surface area contributed by atoms with Gasteiger partial charge in [0.05, 0.1) is 6.10 Å². The smallest absolute Gasteiger partial charge is 0.0786 e. The first kappa shape index (κ1) is 13.5. The van der Waals surface area contributed by atoms with Gasteiger partial charge in [-0.3, -0.25) is 0 Å². The van der Waals surface area contributed by atoms with E-state index in [2.05, 4.69) is 23.5 Å². The normalized spacial score (nSPS) is 16.3. The van der Waals surface area contributed by atoms with E-state index in [4.69, 9.17) is 5.73 Å². The van der Waals surface area contributed by atoms with Gasteiger partial charge in [-0.15, -0.1) is 0 Å². The first-order valence-electron chi connectivity index (χ1n) is 6.99. The summed E-state index contributed by atoms with van der Waals surface area (Å²) in [6.45, 7) is 1.81. The van der Waals surface area contributed by atoms with Crippen molar-refractivity contribution in [3.8, 4) is 0 Å². The molecule has 4 N–H and O–H groups in total. The Morgan fingerprint density at radius 2 is 2.00 bits per heavy atom. The molecule has 0 aromatic heterocycles. The monoisotopic (exact) mass is 248 g/mol. The fraction of sp³-hybridized carbons (Fsp3) is 0.600. The molecule has 0 fully saturated rings. The Bertz CT molecular complexity index is 379. The van der Waals surface area contributed by atoms with Crippen molar-refractivity contribution in [3.05, 3.63) is 34.9 Å². The number of hydrogen-bond acceptors (Lipinski definition) is 3. The largest absolute Gasteiger partial charge is 0.390 e. The average Bonchev–Trinajstić information content (AvgIpc) is 2.43. The maximum atomic E-state index is 9.33. The van der Waals surface area contributed by atoms with Crippen molar-refractivity contribution in [3.63, 3.8) is 0 Å². The van der Waals surface area contributed by atoms with Gasteiger partial charge >= 0.3 is 0 Å². The van der Waals surface area contributed by atoms with E-state index in [1.807, 2.05) is 0 Å². The summed E-state index contributed by atoms with van der Waals surface area (Å²) in [6.07, 6.45) is 5.75. The number of benzene rings is 1. The minimum atomic E-state index is -0.423. The molecule has 0 spiro atoms. The zero-order chi connectivity index (χ0) is 12.8. The molecule has 0 saturated carbocycles.